The number of carboxylic acid groups (broad SMARTS) is 1. The highest BCUT2D eigenvalue weighted by Gasteiger charge is 2.32. The van der Waals surface area contributed by atoms with Crippen LogP contribution in [0.4, 0.5) is 0 Å². The van der Waals surface area contributed by atoms with Gasteiger partial charge in [-0.15, -0.1) is 35.0 Å². The lowest BCUT2D eigenvalue weighted by atomic mass is 10.1. The van der Waals surface area contributed by atoms with Gasteiger partial charge in [-0.05, 0) is 0 Å². The van der Waals surface area contributed by atoms with Gasteiger partial charge in [0.1, 0.15) is 10.6 Å². The Morgan fingerprint density at radius 3 is 2.39 bits per heavy atom. The Labute approximate surface area is 119 Å². The van der Waals surface area contributed by atoms with Crippen molar-refractivity contribution in [2.45, 2.75) is 10.6 Å². The number of ketones is 1. The highest BCUT2D eigenvalue weighted by Crippen LogP contribution is 2.23. The van der Waals surface area contributed by atoms with Crippen LogP contribution in [-0.2, 0) is 4.79 Å². The minimum Gasteiger partial charge on any atom is -0.480 e. The molecule has 1 rings (SSSR count). The molecular weight excluding hydrogens is 295 g/mol. The van der Waals surface area contributed by atoms with E-state index in [2.05, 4.69) is 0 Å². The van der Waals surface area contributed by atoms with E-state index in [1.165, 1.54) is 0 Å². The Morgan fingerprint density at radius 1 is 1.28 bits per heavy atom. The first kappa shape index (κ1) is 15.3. The fraction of sp³-hybridized carbons (Fsp3) is 0.333. The predicted octanol–water partition coefficient (Wildman–Crippen LogP) is 2.90. The second kappa shape index (κ2) is 7.67. The van der Waals surface area contributed by atoms with Crippen molar-refractivity contribution < 1.29 is 14.7 Å². The Bertz CT molecular complexity index is 411. The number of halogens is 2. The molecule has 98 valence electrons. The van der Waals surface area contributed by atoms with Gasteiger partial charge in [-0.25, -0.2) is 0 Å². The molecule has 1 aromatic rings. The van der Waals surface area contributed by atoms with Crippen molar-refractivity contribution in [2.24, 2.45) is 0 Å². The maximum atomic E-state index is 12.0. The van der Waals surface area contributed by atoms with E-state index in [-0.39, 0.29) is 5.78 Å². The number of benzene rings is 1. The molecule has 0 fully saturated rings. The molecule has 0 aliphatic carbocycles. The van der Waals surface area contributed by atoms with E-state index in [0.717, 1.165) is 11.8 Å². The molecule has 0 unspecified atom stereocenters. The molecule has 1 N–H and O–H groups in total. The molecule has 0 radical (unpaired) electrons. The third-order valence-electron chi connectivity index (χ3n) is 2.19. The SMILES string of the molecule is O=C(c1ccccc1)[C@@H](Cl)[C@H](SCCCl)C(=O)O. The average Bonchev–Trinajstić information content (AvgIpc) is 2.38. The van der Waals surface area contributed by atoms with E-state index >= 15 is 0 Å². The van der Waals surface area contributed by atoms with Crippen LogP contribution in [0.15, 0.2) is 30.3 Å². The van der Waals surface area contributed by atoms with E-state index in [4.69, 9.17) is 28.3 Å². The zero-order chi connectivity index (χ0) is 13.5. The fourth-order valence-electron chi connectivity index (χ4n) is 1.35. The zero-order valence-electron chi connectivity index (χ0n) is 9.38. The van der Waals surface area contributed by atoms with Crippen LogP contribution in [0.2, 0.25) is 0 Å². The smallest absolute Gasteiger partial charge is 0.318 e. The van der Waals surface area contributed by atoms with Crippen LogP contribution in [0.25, 0.3) is 0 Å². The summed E-state index contributed by atoms with van der Waals surface area (Å²) in [5.74, 6) is -0.734. The maximum Gasteiger partial charge on any atom is 0.318 e. The van der Waals surface area contributed by atoms with Gasteiger partial charge < -0.3 is 5.11 Å². The number of carbonyl (C=O) groups is 2. The molecule has 0 bridgehead atoms. The second-order valence-electron chi connectivity index (χ2n) is 3.45. The largest absolute Gasteiger partial charge is 0.480 e. The minimum absolute atomic E-state index is 0.317. The Balaban J connectivity index is 2.80. The Kier molecular flexibility index (Phi) is 6.54. The fourth-order valence-corrected chi connectivity index (χ4v) is 2.85. The maximum absolute atomic E-state index is 12.0. The van der Waals surface area contributed by atoms with Crippen LogP contribution in [0.5, 0.6) is 0 Å². The lowest BCUT2D eigenvalue weighted by molar-refractivity contribution is -0.136. The first-order valence-corrected chi connectivity index (χ1v) is 7.23. The summed E-state index contributed by atoms with van der Waals surface area (Å²) in [7, 11) is 0. The molecule has 0 aliphatic heterocycles. The van der Waals surface area contributed by atoms with Gasteiger partial charge in [0, 0.05) is 17.2 Å². The van der Waals surface area contributed by atoms with Crippen molar-refractivity contribution in [3.05, 3.63) is 35.9 Å². The number of carbonyl (C=O) groups excluding carboxylic acids is 1. The van der Waals surface area contributed by atoms with Crippen molar-refractivity contribution in [3.8, 4) is 0 Å². The van der Waals surface area contributed by atoms with E-state index in [9.17, 15) is 9.59 Å². The van der Waals surface area contributed by atoms with E-state index in [1.54, 1.807) is 30.3 Å². The normalized spacial score (nSPS) is 13.9. The number of alkyl halides is 2. The van der Waals surface area contributed by atoms with Crippen LogP contribution in [-0.4, -0.2) is 39.1 Å². The summed E-state index contributed by atoms with van der Waals surface area (Å²) >= 11 is 12.6. The molecule has 0 saturated heterocycles. The number of aliphatic carboxylic acids is 1. The summed E-state index contributed by atoms with van der Waals surface area (Å²) < 4.78 is 0. The van der Waals surface area contributed by atoms with Gasteiger partial charge in [0.2, 0.25) is 0 Å². The molecule has 0 amide bonds. The Hall–Kier alpha value is -0.710. The third-order valence-corrected chi connectivity index (χ3v) is 4.48. The summed E-state index contributed by atoms with van der Waals surface area (Å²) in [5, 5.41) is 6.98. The summed E-state index contributed by atoms with van der Waals surface area (Å²) in [6, 6.07) is 8.42. The number of Topliss-reactive ketones (excluding diaryl/α,β-unsaturated/α-hetero) is 1. The van der Waals surface area contributed by atoms with E-state index in [0.29, 0.717) is 17.2 Å². The predicted molar refractivity (Wildman–Crippen MR) is 75.0 cm³/mol. The standard InChI is InChI=1S/C12H12Cl2O3S/c13-6-7-18-11(12(16)17)9(14)10(15)8-4-2-1-3-5-8/h1-5,9,11H,6-7H2,(H,16,17)/t9-,11+/m1/s1. The molecule has 0 aliphatic rings. The van der Waals surface area contributed by atoms with Crippen molar-refractivity contribution in [3.63, 3.8) is 0 Å². The number of thioether (sulfide) groups is 1. The van der Waals surface area contributed by atoms with Gasteiger partial charge in [-0.2, -0.15) is 0 Å². The summed E-state index contributed by atoms with van der Waals surface area (Å²) in [5.41, 5.74) is 0.412. The molecule has 18 heavy (non-hydrogen) atoms. The van der Waals surface area contributed by atoms with Crippen LogP contribution in [0.3, 0.4) is 0 Å². The summed E-state index contributed by atoms with van der Waals surface area (Å²) in [4.78, 5) is 23.1. The molecule has 0 spiro atoms. The zero-order valence-corrected chi connectivity index (χ0v) is 11.7. The Morgan fingerprint density at radius 2 is 1.89 bits per heavy atom. The molecule has 6 heteroatoms. The van der Waals surface area contributed by atoms with Gasteiger partial charge >= 0.3 is 5.97 Å². The third kappa shape index (κ3) is 4.19. The highest BCUT2D eigenvalue weighted by atomic mass is 35.5. The highest BCUT2D eigenvalue weighted by molar-refractivity contribution is 8.00. The molecule has 2 atom stereocenters. The van der Waals surface area contributed by atoms with Gasteiger partial charge in [-0.1, -0.05) is 30.3 Å². The topological polar surface area (TPSA) is 54.4 Å². The van der Waals surface area contributed by atoms with Crippen LogP contribution < -0.4 is 0 Å². The molecule has 3 nitrogen and oxygen atoms in total. The monoisotopic (exact) mass is 306 g/mol. The van der Waals surface area contributed by atoms with Crippen LogP contribution in [0.1, 0.15) is 10.4 Å². The lowest BCUT2D eigenvalue weighted by Crippen LogP contribution is -2.34. The van der Waals surface area contributed by atoms with Crippen LogP contribution in [0, 0.1) is 0 Å². The van der Waals surface area contributed by atoms with Gasteiger partial charge in [0.15, 0.2) is 5.78 Å². The summed E-state index contributed by atoms with van der Waals surface area (Å²) in [6.07, 6.45) is 0. The quantitative estimate of drug-likeness (QED) is 0.621. The minimum atomic E-state index is -1.10. The number of hydrogen-bond donors (Lipinski definition) is 1. The lowest BCUT2D eigenvalue weighted by Gasteiger charge is -2.16. The molecular formula is C12H12Cl2O3S. The van der Waals surface area contributed by atoms with Gasteiger partial charge in [-0.3, -0.25) is 9.59 Å². The van der Waals surface area contributed by atoms with E-state index in [1.807, 2.05) is 0 Å². The molecule has 0 aromatic heterocycles. The van der Waals surface area contributed by atoms with Gasteiger partial charge in [0.05, 0.1) is 0 Å². The number of rotatable bonds is 7. The van der Waals surface area contributed by atoms with Crippen LogP contribution >= 0.6 is 35.0 Å². The summed E-state index contributed by atoms with van der Waals surface area (Å²) in [6.45, 7) is 0. The average molecular weight is 307 g/mol. The second-order valence-corrected chi connectivity index (χ2v) is 5.55. The number of carboxylic acids is 1. The van der Waals surface area contributed by atoms with Crippen molar-refractivity contribution >= 4 is 46.7 Å². The number of hydrogen-bond acceptors (Lipinski definition) is 3. The molecule has 0 heterocycles. The molecule has 0 saturated carbocycles. The van der Waals surface area contributed by atoms with Gasteiger partial charge in [0.25, 0.3) is 0 Å². The molecule has 1 aromatic carbocycles. The van der Waals surface area contributed by atoms with Crippen molar-refractivity contribution in [1.82, 2.24) is 0 Å². The van der Waals surface area contributed by atoms with E-state index < -0.39 is 16.6 Å². The first-order valence-electron chi connectivity index (χ1n) is 5.21. The first-order chi connectivity index (χ1) is 8.57. The van der Waals surface area contributed by atoms with Crippen molar-refractivity contribution in [2.75, 3.05) is 11.6 Å². The van der Waals surface area contributed by atoms with Crippen molar-refractivity contribution in [1.29, 1.82) is 0 Å².